The summed E-state index contributed by atoms with van der Waals surface area (Å²) < 4.78 is 36.4. The van der Waals surface area contributed by atoms with Gasteiger partial charge in [0.1, 0.15) is 10.0 Å². The van der Waals surface area contributed by atoms with E-state index in [-0.39, 0.29) is 0 Å². The van der Waals surface area contributed by atoms with Gasteiger partial charge in [-0.1, -0.05) is 6.92 Å². The van der Waals surface area contributed by atoms with E-state index in [1.54, 1.807) is 6.07 Å². The Hall–Kier alpha value is -1.07. The number of morpholine rings is 1. The molecule has 10 heteroatoms. The lowest BCUT2D eigenvalue weighted by molar-refractivity contribution is 0.0731. The molecule has 1 fully saturated rings. The van der Waals surface area contributed by atoms with Crippen molar-refractivity contribution in [1.29, 1.82) is 0 Å². The van der Waals surface area contributed by atoms with Crippen molar-refractivity contribution in [2.45, 2.75) is 24.1 Å². The van der Waals surface area contributed by atoms with Crippen LogP contribution in [0.25, 0.3) is 0 Å². The molecule has 1 N–H and O–H groups in total. The van der Waals surface area contributed by atoms with E-state index in [4.69, 9.17) is 4.74 Å². The van der Waals surface area contributed by atoms with E-state index in [1.807, 2.05) is 13.0 Å². The molecule has 0 saturated carbocycles. The van der Waals surface area contributed by atoms with Crippen LogP contribution in [0, 0.1) is 0 Å². The number of nitrogens with one attached hydrogen (secondary N) is 1. The second kappa shape index (κ2) is 7.22. The summed E-state index contributed by atoms with van der Waals surface area (Å²) in [6, 6.07) is 3.51. The predicted octanol–water partition coefficient (Wildman–Crippen LogP) is 1.79. The number of ether oxygens (including phenoxy) is 1. The molecule has 0 amide bonds. The average molecular weight is 375 g/mol. The van der Waals surface area contributed by atoms with Crippen molar-refractivity contribution in [3.8, 4) is 0 Å². The Kier molecular flexibility index (Phi) is 5.27. The fraction of sp³-hybridized carbons (Fsp3) is 0.538. The Labute approximate surface area is 143 Å². The van der Waals surface area contributed by atoms with Gasteiger partial charge in [0.05, 0.1) is 19.8 Å². The normalized spacial score (nSPS) is 16.6. The van der Waals surface area contributed by atoms with Crippen LogP contribution in [0.1, 0.15) is 17.6 Å². The van der Waals surface area contributed by atoms with E-state index < -0.39 is 10.0 Å². The van der Waals surface area contributed by atoms with Crippen LogP contribution in [0.5, 0.6) is 0 Å². The first-order valence-electron chi connectivity index (χ1n) is 7.32. The number of sulfonamides is 1. The van der Waals surface area contributed by atoms with Crippen molar-refractivity contribution in [3.05, 3.63) is 22.8 Å². The lowest BCUT2D eigenvalue weighted by atomic mass is 10.5. The standard InChI is InChI=1S/C13H18N4O3S3/c1-2-11-15-13(22-16-11)14-9-10-3-4-12(21-10)23(18,19)17-5-7-20-8-6-17/h3-4H,2,5-9H2,1H3,(H,14,15,16). The summed E-state index contributed by atoms with van der Waals surface area (Å²) in [7, 11) is -3.41. The molecule has 23 heavy (non-hydrogen) atoms. The molecule has 2 aromatic heterocycles. The topological polar surface area (TPSA) is 84.4 Å². The van der Waals surface area contributed by atoms with Crippen LogP contribution in [-0.2, 0) is 27.7 Å². The molecule has 3 heterocycles. The predicted molar refractivity (Wildman–Crippen MR) is 90.5 cm³/mol. The molecule has 0 radical (unpaired) electrons. The van der Waals surface area contributed by atoms with E-state index >= 15 is 0 Å². The summed E-state index contributed by atoms with van der Waals surface area (Å²) in [5.74, 6) is 0.819. The summed E-state index contributed by atoms with van der Waals surface area (Å²) in [4.78, 5) is 5.28. The molecule has 0 unspecified atom stereocenters. The number of thiophene rings is 1. The SMILES string of the molecule is CCc1nsc(NCc2ccc(S(=O)(=O)N3CCOCC3)s2)n1. The largest absolute Gasteiger partial charge is 0.379 e. The maximum Gasteiger partial charge on any atom is 0.252 e. The second-order valence-corrected chi connectivity index (χ2v) is 9.05. The number of hydrogen-bond donors (Lipinski definition) is 1. The molecule has 0 aliphatic carbocycles. The Balaban J connectivity index is 1.65. The van der Waals surface area contributed by atoms with Crippen LogP contribution < -0.4 is 5.32 Å². The second-order valence-electron chi connectivity index (χ2n) is 4.96. The van der Waals surface area contributed by atoms with Gasteiger partial charge in [-0.2, -0.15) is 8.68 Å². The minimum Gasteiger partial charge on any atom is -0.379 e. The van der Waals surface area contributed by atoms with Crippen LogP contribution in [0.2, 0.25) is 0 Å². The molecule has 1 aliphatic rings. The maximum atomic E-state index is 12.6. The first-order valence-corrected chi connectivity index (χ1v) is 10.4. The number of anilines is 1. The Morgan fingerprint density at radius 3 is 2.83 bits per heavy atom. The van der Waals surface area contributed by atoms with E-state index in [0.717, 1.165) is 22.3 Å². The van der Waals surface area contributed by atoms with Gasteiger partial charge in [0.15, 0.2) is 0 Å². The molecule has 3 rings (SSSR count). The van der Waals surface area contributed by atoms with Crippen molar-refractivity contribution in [2.75, 3.05) is 31.6 Å². The van der Waals surface area contributed by atoms with E-state index in [2.05, 4.69) is 14.7 Å². The molecule has 0 atom stereocenters. The fourth-order valence-electron chi connectivity index (χ4n) is 2.14. The van der Waals surface area contributed by atoms with Crippen molar-refractivity contribution < 1.29 is 13.2 Å². The van der Waals surface area contributed by atoms with Gasteiger partial charge in [-0.15, -0.1) is 11.3 Å². The molecule has 2 aromatic rings. The fourth-order valence-corrected chi connectivity index (χ4v) is 5.64. The third-order valence-electron chi connectivity index (χ3n) is 3.40. The highest BCUT2D eigenvalue weighted by atomic mass is 32.2. The molecule has 0 bridgehead atoms. The monoisotopic (exact) mass is 374 g/mol. The van der Waals surface area contributed by atoms with Crippen molar-refractivity contribution >= 4 is 38.0 Å². The minimum absolute atomic E-state index is 0.378. The summed E-state index contributed by atoms with van der Waals surface area (Å²) in [5, 5.41) is 3.94. The third-order valence-corrected chi connectivity index (χ3v) is 7.56. The lowest BCUT2D eigenvalue weighted by Crippen LogP contribution is -2.40. The Bertz CT molecular complexity index is 750. The van der Waals surface area contributed by atoms with Crippen molar-refractivity contribution in [3.63, 3.8) is 0 Å². The van der Waals surface area contributed by atoms with Gasteiger partial charge in [-0.05, 0) is 12.1 Å². The van der Waals surface area contributed by atoms with Gasteiger partial charge in [0, 0.05) is 35.9 Å². The molecule has 1 aliphatic heterocycles. The highest BCUT2D eigenvalue weighted by molar-refractivity contribution is 7.91. The highest BCUT2D eigenvalue weighted by Crippen LogP contribution is 2.26. The van der Waals surface area contributed by atoms with Gasteiger partial charge >= 0.3 is 0 Å². The van der Waals surface area contributed by atoms with Gasteiger partial charge in [-0.3, -0.25) is 0 Å². The smallest absolute Gasteiger partial charge is 0.252 e. The zero-order valence-electron chi connectivity index (χ0n) is 12.7. The average Bonchev–Trinajstić information content (AvgIpc) is 3.23. The Morgan fingerprint density at radius 1 is 1.35 bits per heavy atom. The third kappa shape index (κ3) is 3.89. The van der Waals surface area contributed by atoms with Gasteiger partial charge in [0.2, 0.25) is 5.13 Å². The maximum absolute atomic E-state index is 12.6. The Morgan fingerprint density at radius 2 is 2.13 bits per heavy atom. The summed E-state index contributed by atoms with van der Waals surface area (Å²) in [5.41, 5.74) is 0. The van der Waals surface area contributed by atoms with Crippen molar-refractivity contribution in [1.82, 2.24) is 13.7 Å². The number of aryl methyl sites for hydroxylation is 1. The lowest BCUT2D eigenvalue weighted by Gasteiger charge is -2.25. The van der Waals surface area contributed by atoms with Crippen LogP contribution in [0.3, 0.4) is 0 Å². The highest BCUT2D eigenvalue weighted by Gasteiger charge is 2.27. The molecule has 7 nitrogen and oxygen atoms in total. The quantitative estimate of drug-likeness (QED) is 0.830. The molecular weight excluding hydrogens is 356 g/mol. The summed E-state index contributed by atoms with van der Waals surface area (Å²) in [6.07, 6.45) is 0.805. The zero-order valence-corrected chi connectivity index (χ0v) is 15.1. The van der Waals surface area contributed by atoms with Crippen LogP contribution >= 0.6 is 22.9 Å². The first kappa shape index (κ1) is 16.8. The van der Waals surface area contributed by atoms with Crippen LogP contribution in [0.15, 0.2) is 16.3 Å². The first-order chi connectivity index (χ1) is 11.1. The minimum atomic E-state index is -3.41. The molecular formula is C13H18N4O3S3. The molecule has 126 valence electrons. The summed E-state index contributed by atoms with van der Waals surface area (Å²) in [6.45, 7) is 4.29. The van der Waals surface area contributed by atoms with Gasteiger partial charge in [0.25, 0.3) is 10.0 Å². The number of hydrogen-bond acceptors (Lipinski definition) is 8. The van der Waals surface area contributed by atoms with E-state index in [9.17, 15) is 8.42 Å². The molecule has 1 saturated heterocycles. The number of aromatic nitrogens is 2. The van der Waals surface area contributed by atoms with Crippen LogP contribution in [0.4, 0.5) is 5.13 Å². The van der Waals surface area contributed by atoms with E-state index in [0.29, 0.717) is 37.1 Å². The van der Waals surface area contributed by atoms with Gasteiger partial charge in [-0.25, -0.2) is 13.4 Å². The van der Waals surface area contributed by atoms with E-state index in [1.165, 1.54) is 27.2 Å². The van der Waals surface area contributed by atoms with Gasteiger partial charge < -0.3 is 10.1 Å². The molecule has 0 aromatic carbocycles. The van der Waals surface area contributed by atoms with Crippen LogP contribution in [-0.4, -0.2) is 48.4 Å². The number of rotatable bonds is 6. The van der Waals surface area contributed by atoms with Crippen molar-refractivity contribution in [2.24, 2.45) is 0 Å². The number of nitrogens with zero attached hydrogens (tertiary/aromatic N) is 3. The zero-order chi connectivity index (χ0) is 16.3. The summed E-state index contributed by atoms with van der Waals surface area (Å²) >= 11 is 2.61. The molecule has 0 spiro atoms.